The first kappa shape index (κ1) is 17.1. The van der Waals surface area contributed by atoms with Crippen LogP contribution in [0.4, 0.5) is 0 Å². The summed E-state index contributed by atoms with van der Waals surface area (Å²) in [5.41, 5.74) is 3.37. The number of unbranched alkanes of at least 4 members (excludes halogenated alkanes) is 6. The van der Waals surface area contributed by atoms with E-state index in [-0.39, 0.29) is 5.75 Å². The molecule has 0 saturated carbocycles. The van der Waals surface area contributed by atoms with Crippen molar-refractivity contribution in [3.8, 4) is 5.75 Å². The van der Waals surface area contributed by atoms with Gasteiger partial charge in [0.15, 0.2) is 5.75 Å². The highest BCUT2D eigenvalue weighted by Crippen LogP contribution is 2.27. The molecule has 0 N–H and O–H groups in total. The lowest BCUT2D eigenvalue weighted by atomic mass is 9.97. The summed E-state index contributed by atoms with van der Waals surface area (Å²) in [7, 11) is 0. The second kappa shape index (κ2) is 9.85. The average Bonchev–Trinajstić information content (AvgIpc) is 2.47. The zero-order valence-electron chi connectivity index (χ0n) is 13.6. The Morgan fingerprint density at radius 1 is 0.750 bits per heavy atom. The molecule has 0 amide bonds. The molecule has 0 atom stereocenters. The van der Waals surface area contributed by atoms with Crippen LogP contribution in [0.5, 0.6) is 5.75 Å². The number of aryl methyl sites for hydroxylation is 3. The molecule has 1 aromatic carbocycles. The summed E-state index contributed by atoms with van der Waals surface area (Å²) in [6.45, 7) is 6.41. The number of rotatable bonds is 10. The zero-order valence-corrected chi connectivity index (χ0v) is 13.6. The van der Waals surface area contributed by atoms with Gasteiger partial charge in [0.2, 0.25) is 0 Å². The molecule has 0 aliphatic carbocycles. The molecule has 1 nitrogen and oxygen atoms in total. The van der Waals surface area contributed by atoms with Crippen molar-refractivity contribution in [2.45, 2.75) is 85.0 Å². The molecule has 1 heteroatoms. The van der Waals surface area contributed by atoms with Gasteiger partial charge in [-0.3, -0.25) is 5.11 Å². The topological polar surface area (TPSA) is 19.9 Å². The highest BCUT2D eigenvalue weighted by Gasteiger charge is 2.09. The van der Waals surface area contributed by atoms with Crippen molar-refractivity contribution in [1.29, 1.82) is 0 Å². The third-order valence-electron chi connectivity index (χ3n) is 4.13. The highest BCUT2D eigenvalue weighted by atomic mass is 16.3. The fraction of sp³-hybridized carbons (Fsp3) is 0.684. The molecule has 0 fully saturated rings. The fourth-order valence-electron chi connectivity index (χ4n) is 2.78. The Morgan fingerprint density at radius 3 is 1.75 bits per heavy atom. The van der Waals surface area contributed by atoms with Gasteiger partial charge in [-0.05, 0) is 42.4 Å². The molecular weight excluding hydrogens is 244 g/mol. The maximum absolute atomic E-state index is 12.1. The van der Waals surface area contributed by atoms with Gasteiger partial charge in [-0.2, -0.15) is 0 Å². The Kier molecular flexibility index (Phi) is 8.41. The Labute approximate surface area is 125 Å². The molecule has 1 rings (SSSR count). The minimum atomic E-state index is 0.276. The van der Waals surface area contributed by atoms with Crippen LogP contribution >= 0.6 is 0 Å². The molecule has 20 heavy (non-hydrogen) atoms. The van der Waals surface area contributed by atoms with Crippen LogP contribution in [0.3, 0.4) is 0 Å². The maximum Gasteiger partial charge on any atom is 0.184 e. The van der Waals surface area contributed by atoms with E-state index in [4.69, 9.17) is 0 Å². The monoisotopic (exact) mass is 275 g/mol. The molecular formula is C19H31O. The SMILES string of the molecule is CCCCCCCCCc1cc(CC)c([O])c(CC)c1. The van der Waals surface area contributed by atoms with E-state index < -0.39 is 0 Å². The van der Waals surface area contributed by atoms with Gasteiger partial charge in [0, 0.05) is 0 Å². The lowest BCUT2D eigenvalue weighted by Gasteiger charge is -2.09. The minimum absolute atomic E-state index is 0.276. The van der Waals surface area contributed by atoms with E-state index >= 15 is 0 Å². The van der Waals surface area contributed by atoms with E-state index in [9.17, 15) is 5.11 Å². The first-order valence-electron chi connectivity index (χ1n) is 8.54. The number of hydrogen-bond donors (Lipinski definition) is 0. The highest BCUT2D eigenvalue weighted by molar-refractivity contribution is 5.43. The Hall–Kier alpha value is -0.980. The van der Waals surface area contributed by atoms with Gasteiger partial charge in [0.05, 0.1) is 0 Å². The summed E-state index contributed by atoms with van der Waals surface area (Å²) in [5, 5.41) is 12.1. The molecule has 0 spiro atoms. The van der Waals surface area contributed by atoms with Crippen LogP contribution < -0.4 is 0 Å². The molecule has 0 aromatic heterocycles. The van der Waals surface area contributed by atoms with Gasteiger partial charge in [0.25, 0.3) is 0 Å². The van der Waals surface area contributed by atoms with Crippen molar-refractivity contribution in [2.24, 2.45) is 0 Å². The van der Waals surface area contributed by atoms with Gasteiger partial charge >= 0.3 is 0 Å². The van der Waals surface area contributed by atoms with Crippen molar-refractivity contribution < 1.29 is 5.11 Å². The first-order chi connectivity index (χ1) is 9.72. The van der Waals surface area contributed by atoms with Crippen LogP contribution in [0.25, 0.3) is 0 Å². The van der Waals surface area contributed by atoms with E-state index in [0.29, 0.717) is 0 Å². The molecule has 0 aliphatic rings. The smallest absolute Gasteiger partial charge is 0.184 e. The summed E-state index contributed by atoms with van der Waals surface area (Å²) in [6.07, 6.45) is 12.3. The van der Waals surface area contributed by atoms with Crippen LogP contribution in [0.1, 0.15) is 82.4 Å². The summed E-state index contributed by atoms with van der Waals surface area (Å²) < 4.78 is 0. The van der Waals surface area contributed by atoms with Gasteiger partial charge in [-0.1, -0.05) is 71.4 Å². The quantitative estimate of drug-likeness (QED) is 0.450. The molecule has 0 saturated heterocycles. The predicted octanol–water partition coefficient (Wildman–Crippen LogP) is 6.25. The van der Waals surface area contributed by atoms with Gasteiger partial charge in [0.1, 0.15) is 0 Å². The predicted molar refractivity (Wildman–Crippen MR) is 87.0 cm³/mol. The molecule has 1 aromatic rings. The summed E-state index contributed by atoms with van der Waals surface area (Å²) in [4.78, 5) is 0. The largest absolute Gasteiger partial charge is 0.289 e. The van der Waals surface area contributed by atoms with Crippen LogP contribution in [-0.2, 0) is 24.4 Å². The van der Waals surface area contributed by atoms with Crippen molar-refractivity contribution in [3.63, 3.8) is 0 Å². The van der Waals surface area contributed by atoms with E-state index in [1.807, 2.05) is 0 Å². The summed E-state index contributed by atoms with van der Waals surface area (Å²) >= 11 is 0. The van der Waals surface area contributed by atoms with Crippen LogP contribution in [0, 0.1) is 0 Å². The number of benzene rings is 1. The molecule has 0 unspecified atom stereocenters. The Morgan fingerprint density at radius 2 is 1.25 bits per heavy atom. The third-order valence-corrected chi connectivity index (χ3v) is 4.13. The standard InChI is InChI=1S/C19H31O/c1-4-7-8-9-10-11-12-13-16-14-17(5-2)19(20)18(6-3)15-16/h14-15H,4-13H2,1-3H3. The zero-order chi connectivity index (χ0) is 14.8. The second-order valence-electron chi connectivity index (χ2n) is 5.82. The van der Waals surface area contributed by atoms with Crippen molar-refractivity contribution >= 4 is 0 Å². The van der Waals surface area contributed by atoms with Crippen LogP contribution in [0.2, 0.25) is 0 Å². The summed E-state index contributed by atoms with van der Waals surface area (Å²) in [5.74, 6) is 0.276. The molecule has 113 valence electrons. The maximum atomic E-state index is 12.1. The second-order valence-corrected chi connectivity index (χ2v) is 5.82. The first-order valence-corrected chi connectivity index (χ1v) is 8.54. The van der Waals surface area contributed by atoms with Crippen LogP contribution in [-0.4, -0.2) is 0 Å². The van der Waals surface area contributed by atoms with Gasteiger partial charge < -0.3 is 0 Å². The Balaban J connectivity index is 2.40. The van der Waals surface area contributed by atoms with Gasteiger partial charge in [-0.25, -0.2) is 0 Å². The van der Waals surface area contributed by atoms with E-state index in [1.165, 1.54) is 50.5 Å². The minimum Gasteiger partial charge on any atom is -0.289 e. The fourth-order valence-corrected chi connectivity index (χ4v) is 2.78. The average molecular weight is 275 g/mol. The van der Waals surface area contributed by atoms with E-state index in [1.54, 1.807) is 0 Å². The number of hydrogen-bond acceptors (Lipinski definition) is 0. The third kappa shape index (κ3) is 5.56. The lowest BCUT2D eigenvalue weighted by Crippen LogP contribution is -1.94. The molecule has 0 bridgehead atoms. The van der Waals surface area contributed by atoms with E-state index in [0.717, 1.165) is 30.4 Å². The van der Waals surface area contributed by atoms with Crippen molar-refractivity contribution in [1.82, 2.24) is 0 Å². The lowest BCUT2D eigenvalue weighted by molar-refractivity contribution is 0.345. The molecule has 0 heterocycles. The van der Waals surface area contributed by atoms with Gasteiger partial charge in [-0.15, -0.1) is 0 Å². The van der Waals surface area contributed by atoms with E-state index in [2.05, 4.69) is 32.9 Å². The van der Waals surface area contributed by atoms with Crippen molar-refractivity contribution in [2.75, 3.05) is 0 Å². The Bertz CT molecular complexity index is 356. The van der Waals surface area contributed by atoms with Crippen molar-refractivity contribution in [3.05, 3.63) is 28.8 Å². The molecule has 0 aliphatic heterocycles. The molecule has 1 radical (unpaired) electrons. The summed E-state index contributed by atoms with van der Waals surface area (Å²) in [6, 6.07) is 4.27. The normalized spacial score (nSPS) is 10.9. The van der Waals surface area contributed by atoms with Crippen LogP contribution in [0.15, 0.2) is 12.1 Å².